The van der Waals surface area contributed by atoms with Crippen LogP contribution in [0.1, 0.15) is 53.4 Å². The van der Waals surface area contributed by atoms with Gasteiger partial charge in [-0.25, -0.2) is 0 Å². The standard InChI is InChI=1S/C15H32BNO2/c1-12(2)14-9-8-13(3)15(4)10-7-11-17(15)16(14,18-5)19-6/h12-14,17H,7-11H2,1-6H3/t13?,14-,15?/m1/s1. The fourth-order valence-corrected chi connectivity index (χ4v) is 5.13. The van der Waals surface area contributed by atoms with Crippen molar-refractivity contribution in [3.05, 3.63) is 0 Å². The van der Waals surface area contributed by atoms with Crippen LogP contribution in [0.2, 0.25) is 5.82 Å². The second kappa shape index (κ2) is 5.38. The minimum absolute atomic E-state index is 0.329. The lowest BCUT2D eigenvalue weighted by Gasteiger charge is -2.53. The van der Waals surface area contributed by atoms with E-state index in [1.807, 2.05) is 14.2 Å². The van der Waals surface area contributed by atoms with Crippen LogP contribution in [0, 0.1) is 11.8 Å². The van der Waals surface area contributed by atoms with Crippen LogP contribution in [-0.4, -0.2) is 33.0 Å². The number of nitrogens with one attached hydrogen (secondary N) is 1. The van der Waals surface area contributed by atoms with E-state index in [-0.39, 0.29) is 0 Å². The van der Waals surface area contributed by atoms with Gasteiger partial charge < -0.3 is 14.1 Å². The minimum Gasteiger partial charge on any atom is -0.516 e. The summed E-state index contributed by atoms with van der Waals surface area (Å²) in [7, 11) is 3.72. The number of hydrogen-bond donors (Lipinski definition) is 1. The van der Waals surface area contributed by atoms with E-state index in [4.69, 9.17) is 9.31 Å². The third kappa shape index (κ3) is 2.16. The Bertz CT molecular complexity index is 319. The first-order valence-electron chi connectivity index (χ1n) is 8.04. The summed E-state index contributed by atoms with van der Waals surface area (Å²) in [5.41, 5.74) is 0.329. The topological polar surface area (TPSA) is 22.9 Å². The summed E-state index contributed by atoms with van der Waals surface area (Å²) in [6, 6.07) is 0. The van der Waals surface area contributed by atoms with Crippen molar-refractivity contribution in [1.82, 2.24) is 0 Å². The largest absolute Gasteiger partial charge is 0.516 e. The SMILES string of the molecule is CO[B-]1(OC)[C@@H](C(C)C)CCC(C)C2(C)CCC[NH+]12. The first kappa shape index (κ1) is 15.3. The van der Waals surface area contributed by atoms with Crippen molar-refractivity contribution in [1.29, 1.82) is 0 Å². The van der Waals surface area contributed by atoms with Crippen molar-refractivity contribution in [2.75, 3.05) is 20.8 Å². The number of hydrogen-bond acceptors (Lipinski definition) is 2. The molecule has 19 heavy (non-hydrogen) atoms. The molecule has 0 aliphatic carbocycles. The van der Waals surface area contributed by atoms with Gasteiger partial charge in [-0.1, -0.05) is 33.1 Å². The van der Waals surface area contributed by atoms with E-state index in [1.54, 1.807) is 4.81 Å². The zero-order valence-corrected chi connectivity index (χ0v) is 13.7. The molecule has 2 saturated heterocycles. The molecule has 0 bridgehead atoms. The number of rotatable bonds is 3. The first-order valence-corrected chi connectivity index (χ1v) is 8.04. The van der Waals surface area contributed by atoms with Crippen molar-refractivity contribution in [2.24, 2.45) is 11.8 Å². The first-order chi connectivity index (χ1) is 8.92. The number of quaternary nitrogens is 1. The molecule has 0 saturated carbocycles. The number of fused-ring (bicyclic) bond motifs is 1. The summed E-state index contributed by atoms with van der Waals surface area (Å²) in [6.07, 6.45) is 5.15. The predicted octanol–water partition coefficient (Wildman–Crippen LogP) is 2.11. The summed E-state index contributed by atoms with van der Waals surface area (Å²) < 4.78 is 12.2. The molecule has 2 rings (SSSR count). The molecule has 0 aromatic rings. The van der Waals surface area contributed by atoms with E-state index >= 15 is 0 Å². The second-order valence-electron chi connectivity index (χ2n) is 7.42. The molecule has 4 heteroatoms. The molecule has 0 aromatic heterocycles. The summed E-state index contributed by atoms with van der Waals surface area (Å²) in [5.74, 6) is 1.90. The van der Waals surface area contributed by atoms with Gasteiger partial charge in [-0.15, -0.1) is 0 Å². The highest BCUT2D eigenvalue weighted by atomic mass is 16.6. The maximum atomic E-state index is 6.11. The monoisotopic (exact) mass is 269 g/mol. The normalized spacial score (nSPS) is 42.2. The molecule has 0 amide bonds. The average Bonchev–Trinajstić information content (AvgIpc) is 2.74. The Hall–Kier alpha value is -0.0551. The predicted molar refractivity (Wildman–Crippen MR) is 80.2 cm³/mol. The van der Waals surface area contributed by atoms with Gasteiger partial charge in [-0.2, -0.15) is 0 Å². The van der Waals surface area contributed by atoms with Crippen LogP contribution < -0.4 is 4.81 Å². The fourth-order valence-electron chi connectivity index (χ4n) is 5.13. The van der Waals surface area contributed by atoms with Crippen LogP contribution >= 0.6 is 0 Å². The molecule has 2 fully saturated rings. The van der Waals surface area contributed by atoms with Crippen LogP contribution in [0.15, 0.2) is 0 Å². The van der Waals surface area contributed by atoms with Gasteiger partial charge in [-0.3, -0.25) is 0 Å². The van der Waals surface area contributed by atoms with Crippen LogP contribution in [0.4, 0.5) is 0 Å². The molecular formula is C15H32BNO2. The molecule has 0 spiro atoms. The fraction of sp³-hybridized carbons (Fsp3) is 1.00. The van der Waals surface area contributed by atoms with Crippen LogP contribution in [0.5, 0.6) is 0 Å². The van der Waals surface area contributed by atoms with E-state index in [1.165, 1.54) is 32.2 Å². The average molecular weight is 269 g/mol. The quantitative estimate of drug-likeness (QED) is 0.793. The van der Waals surface area contributed by atoms with Gasteiger partial charge in [0, 0.05) is 18.9 Å². The second-order valence-corrected chi connectivity index (χ2v) is 7.42. The van der Waals surface area contributed by atoms with Gasteiger partial charge in [0.1, 0.15) is 0 Å². The Morgan fingerprint density at radius 3 is 2.37 bits per heavy atom. The van der Waals surface area contributed by atoms with E-state index in [2.05, 4.69) is 27.7 Å². The summed E-state index contributed by atoms with van der Waals surface area (Å²) in [6.45, 7) is 9.49. The lowest BCUT2D eigenvalue weighted by Crippen LogP contribution is -3.29. The van der Waals surface area contributed by atoms with E-state index in [9.17, 15) is 0 Å². The van der Waals surface area contributed by atoms with Gasteiger partial charge in [0.2, 0.25) is 0 Å². The lowest BCUT2D eigenvalue weighted by atomic mass is 9.51. The highest BCUT2D eigenvalue weighted by Crippen LogP contribution is 2.41. The molecule has 4 atom stereocenters. The summed E-state index contributed by atoms with van der Waals surface area (Å²) in [5, 5.41) is 0. The van der Waals surface area contributed by atoms with Gasteiger partial charge in [-0.05, 0) is 39.8 Å². The van der Waals surface area contributed by atoms with E-state index in [0.29, 0.717) is 17.3 Å². The molecule has 1 N–H and O–H groups in total. The zero-order chi connectivity index (χ0) is 14.3. The van der Waals surface area contributed by atoms with Crippen LogP contribution in [0.25, 0.3) is 0 Å². The molecule has 3 nitrogen and oxygen atoms in total. The maximum Gasteiger partial charge on any atom is 0.474 e. The highest BCUT2D eigenvalue weighted by Gasteiger charge is 2.59. The van der Waals surface area contributed by atoms with Gasteiger partial charge in [0.05, 0.1) is 5.54 Å². The molecule has 2 aliphatic rings. The Morgan fingerprint density at radius 2 is 1.84 bits per heavy atom. The Kier molecular flexibility index (Phi) is 4.34. The third-order valence-corrected chi connectivity index (χ3v) is 6.50. The maximum absolute atomic E-state index is 6.11. The third-order valence-electron chi connectivity index (χ3n) is 6.50. The van der Waals surface area contributed by atoms with Crippen molar-refractivity contribution >= 4 is 6.69 Å². The van der Waals surface area contributed by atoms with Crippen molar-refractivity contribution < 1.29 is 14.1 Å². The van der Waals surface area contributed by atoms with Crippen LogP contribution in [0.3, 0.4) is 0 Å². The highest BCUT2D eigenvalue weighted by molar-refractivity contribution is 6.60. The Labute approximate surface area is 119 Å². The van der Waals surface area contributed by atoms with Crippen molar-refractivity contribution in [2.45, 2.75) is 64.7 Å². The van der Waals surface area contributed by atoms with Crippen molar-refractivity contribution in [3.8, 4) is 0 Å². The lowest BCUT2D eigenvalue weighted by molar-refractivity contribution is -0.862. The van der Waals surface area contributed by atoms with Gasteiger partial charge in [0.25, 0.3) is 0 Å². The molecule has 2 aliphatic heterocycles. The molecule has 3 unspecified atom stereocenters. The van der Waals surface area contributed by atoms with Gasteiger partial charge in [0.15, 0.2) is 0 Å². The molecule has 112 valence electrons. The van der Waals surface area contributed by atoms with Gasteiger partial charge >= 0.3 is 6.69 Å². The smallest absolute Gasteiger partial charge is 0.474 e. The zero-order valence-electron chi connectivity index (χ0n) is 13.7. The molecular weight excluding hydrogens is 237 g/mol. The van der Waals surface area contributed by atoms with E-state index in [0.717, 1.165) is 5.92 Å². The molecule has 0 aromatic carbocycles. The summed E-state index contributed by atoms with van der Waals surface area (Å²) in [4.78, 5) is 1.60. The summed E-state index contributed by atoms with van der Waals surface area (Å²) >= 11 is 0. The Morgan fingerprint density at radius 1 is 1.21 bits per heavy atom. The van der Waals surface area contributed by atoms with E-state index < -0.39 is 6.69 Å². The molecule has 2 heterocycles. The Balaban J connectivity index is 2.47. The van der Waals surface area contributed by atoms with Crippen molar-refractivity contribution in [3.63, 3.8) is 0 Å². The minimum atomic E-state index is -1.24. The van der Waals surface area contributed by atoms with Crippen LogP contribution in [-0.2, 0) is 9.31 Å². The molecule has 0 radical (unpaired) electrons.